The molecule has 2 heterocycles. The Morgan fingerprint density at radius 2 is 2.05 bits per heavy atom. The SMILES string of the molecule is CCOc1ccc2[nH]c(-c3cc(Br)cc(Br)c3N)nc2n1. The van der Waals surface area contributed by atoms with Crippen molar-refractivity contribution in [3.05, 3.63) is 33.2 Å². The normalized spacial score (nSPS) is 11.0. The van der Waals surface area contributed by atoms with Crippen LogP contribution in [0.25, 0.3) is 22.6 Å². The molecule has 3 N–H and O–H groups in total. The Hall–Kier alpha value is -1.60. The molecule has 0 amide bonds. The largest absolute Gasteiger partial charge is 0.478 e. The van der Waals surface area contributed by atoms with Crippen LogP contribution in [0.5, 0.6) is 5.88 Å². The summed E-state index contributed by atoms with van der Waals surface area (Å²) in [5, 5.41) is 0. The van der Waals surface area contributed by atoms with Crippen LogP contribution < -0.4 is 10.5 Å². The van der Waals surface area contributed by atoms with Crippen molar-refractivity contribution in [2.24, 2.45) is 0 Å². The number of nitrogens with zero attached hydrogens (tertiary/aromatic N) is 2. The number of aromatic nitrogens is 3. The lowest BCUT2D eigenvalue weighted by Crippen LogP contribution is -1.94. The fourth-order valence-corrected chi connectivity index (χ4v) is 3.24. The molecule has 2 aromatic heterocycles. The highest BCUT2D eigenvalue weighted by Crippen LogP contribution is 2.34. The molecule has 108 valence electrons. The average molecular weight is 412 g/mol. The summed E-state index contributed by atoms with van der Waals surface area (Å²) < 4.78 is 7.12. The first-order valence-electron chi connectivity index (χ1n) is 6.33. The number of pyridine rings is 1. The number of halogens is 2. The van der Waals surface area contributed by atoms with E-state index in [1.54, 1.807) is 0 Å². The third-order valence-corrected chi connectivity index (χ3v) is 4.08. The minimum Gasteiger partial charge on any atom is -0.478 e. The third-order valence-electron chi connectivity index (χ3n) is 2.96. The van der Waals surface area contributed by atoms with Crippen molar-refractivity contribution in [3.8, 4) is 17.3 Å². The number of hydrogen-bond acceptors (Lipinski definition) is 4. The molecule has 0 aliphatic heterocycles. The average Bonchev–Trinajstić information content (AvgIpc) is 2.86. The highest BCUT2D eigenvalue weighted by molar-refractivity contribution is 9.11. The minimum absolute atomic E-state index is 0.562. The summed E-state index contributed by atoms with van der Waals surface area (Å²) in [4.78, 5) is 12.1. The van der Waals surface area contributed by atoms with Crippen molar-refractivity contribution < 1.29 is 4.74 Å². The van der Waals surface area contributed by atoms with Crippen LogP contribution in [0, 0.1) is 0 Å². The zero-order valence-electron chi connectivity index (χ0n) is 11.2. The van der Waals surface area contributed by atoms with Crippen LogP contribution >= 0.6 is 31.9 Å². The maximum absolute atomic E-state index is 6.11. The molecule has 1 aromatic carbocycles. The zero-order chi connectivity index (χ0) is 15.0. The molecule has 0 radical (unpaired) electrons. The van der Waals surface area contributed by atoms with Crippen LogP contribution in [-0.2, 0) is 0 Å². The lowest BCUT2D eigenvalue weighted by molar-refractivity contribution is 0.328. The first kappa shape index (κ1) is 14.3. The second-order valence-electron chi connectivity index (χ2n) is 4.39. The molecule has 0 aliphatic rings. The molecule has 7 heteroatoms. The van der Waals surface area contributed by atoms with Crippen LogP contribution in [0.4, 0.5) is 5.69 Å². The Bertz CT molecular complexity index is 816. The van der Waals surface area contributed by atoms with E-state index in [1.165, 1.54) is 0 Å². The van der Waals surface area contributed by atoms with Crippen LogP contribution in [0.2, 0.25) is 0 Å². The fourth-order valence-electron chi connectivity index (χ4n) is 2.01. The number of rotatable bonds is 3. The molecule has 0 bridgehead atoms. The fraction of sp³-hybridized carbons (Fsp3) is 0.143. The van der Waals surface area contributed by atoms with Gasteiger partial charge in [-0.2, -0.15) is 4.98 Å². The summed E-state index contributed by atoms with van der Waals surface area (Å²) in [6.45, 7) is 2.49. The van der Waals surface area contributed by atoms with Gasteiger partial charge in [0.25, 0.3) is 0 Å². The smallest absolute Gasteiger partial charge is 0.215 e. The van der Waals surface area contributed by atoms with Gasteiger partial charge in [0.2, 0.25) is 5.88 Å². The maximum Gasteiger partial charge on any atom is 0.215 e. The van der Waals surface area contributed by atoms with E-state index in [0.29, 0.717) is 29.6 Å². The third kappa shape index (κ3) is 2.75. The standard InChI is InChI=1S/C14H12Br2N4O/c1-2-21-11-4-3-10-14(19-11)20-13(18-10)8-5-7(15)6-9(16)12(8)17/h3-6H,2,17H2,1H3,(H,18,19,20). The van der Waals surface area contributed by atoms with Crippen LogP contribution in [-0.4, -0.2) is 21.6 Å². The molecule has 0 aliphatic carbocycles. The number of anilines is 1. The lowest BCUT2D eigenvalue weighted by Gasteiger charge is -2.05. The first-order chi connectivity index (χ1) is 10.1. The number of H-pyrrole nitrogens is 1. The highest BCUT2D eigenvalue weighted by atomic mass is 79.9. The van der Waals surface area contributed by atoms with E-state index < -0.39 is 0 Å². The summed E-state index contributed by atoms with van der Waals surface area (Å²) in [7, 11) is 0. The number of nitrogens with two attached hydrogens (primary N) is 1. The van der Waals surface area contributed by atoms with Crippen molar-refractivity contribution in [2.45, 2.75) is 6.92 Å². The van der Waals surface area contributed by atoms with E-state index in [9.17, 15) is 0 Å². The second-order valence-corrected chi connectivity index (χ2v) is 6.16. The molecular weight excluding hydrogens is 400 g/mol. The van der Waals surface area contributed by atoms with Gasteiger partial charge in [-0.25, -0.2) is 4.98 Å². The number of ether oxygens (including phenoxy) is 1. The zero-order valence-corrected chi connectivity index (χ0v) is 14.3. The van der Waals surface area contributed by atoms with Crippen molar-refractivity contribution in [1.82, 2.24) is 15.0 Å². The van der Waals surface area contributed by atoms with Gasteiger partial charge in [0.1, 0.15) is 5.82 Å². The lowest BCUT2D eigenvalue weighted by atomic mass is 10.2. The minimum atomic E-state index is 0.562. The maximum atomic E-state index is 6.11. The number of hydrogen-bond donors (Lipinski definition) is 2. The predicted octanol–water partition coefficient (Wildman–Crippen LogP) is 4.13. The van der Waals surface area contributed by atoms with E-state index in [0.717, 1.165) is 20.0 Å². The number of benzene rings is 1. The summed E-state index contributed by atoms with van der Waals surface area (Å²) in [6, 6.07) is 7.52. The molecule has 0 saturated heterocycles. The van der Waals surface area contributed by atoms with E-state index in [-0.39, 0.29) is 0 Å². The molecule has 0 saturated carbocycles. The predicted molar refractivity (Wildman–Crippen MR) is 90.3 cm³/mol. The van der Waals surface area contributed by atoms with Crippen LogP contribution in [0.3, 0.4) is 0 Å². The number of nitrogens with one attached hydrogen (secondary N) is 1. The Morgan fingerprint density at radius 1 is 1.24 bits per heavy atom. The summed E-state index contributed by atoms with van der Waals surface area (Å²) >= 11 is 6.90. The Balaban J connectivity index is 2.13. The topological polar surface area (TPSA) is 76.8 Å². The van der Waals surface area contributed by atoms with Crippen LogP contribution in [0.15, 0.2) is 33.2 Å². The highest BCUT2D eigenvalue weighted by Gasteiger charge is 2.13. The molecule has 0 fully saturated rings. The number of nitrogen functional groups attached to an aromatic ring is 1. The van der Waals surface area contributed by atoms with Gasteiger partial charge in [-0.05, 0) is 41.1 Å². The summed E-state index contributed by atoms with van der Waals surface area (Å²) in [6.07, 6.45) is 0. The van der Waals surface area contributed by atoms with Gasteiger partial charge in [0.05, 0.1) is 17.8 Å². The second kappa shape index (κ2) is 5.65. The van der Waals surface area contributed by atoms with Gasteiger partial charge in [-0.3, -0.25) is 0 Å². The van der Waals surface area contributed by atoms with Gasteiger partial charge < -0.3 is 15.5 Å². The van der Waals surface area contributed by atoms with E-state index in [1.807, 2.05) is 31.2 Å². The van der Waals surface area contributed by atoms with Gasteiger partial charge in [0.15, 0.2) is 5.65 Å². The summed E-state index contributed by atoms with van der Waals surface area (Å²) in [5.41, 5.74) is 8.99. The van der Waals surface area contributed by atoms with Gasteiger partial charge >= 0.3 is 0 Å². The van der Waals surface area contributed by atoms with Crippen LogP contribution in [0.1, 0.15) is 6.92 Å². The molecule has 0 atom stereocenters. The van der Waals surface area contributed by atoms with E-state index in [4.69, 9.17) is 10.5 Å². The number of fused-ring (bicyclic) bond motifs is 1. The molecule has 3 aromatic rings. The Kier molecular flexibility index (Phi) is 3.86. The summed E-state index contributed by atoms with van der Waals surface area (Å²) in [5.74, 6) is 1.23. The molecule has 0 spiro atoms. The van der Waals surface area contributed by atoms with Gasteiger partial charge in [0, 0.05) is 20.6 Å². The van der Waals surface area contributed by atoms with Gasteiger partial charge in [-0.15, -0.1) is 0 Å². The van der Waals surface area contributed by atoms with E-state index in [2.05, 4.69) is 46.8 Å². The molecule has 3 rings (SSSR count). The Labute approximate surface area is 138 Å². The van der Waals surface area contributed by atoms with Crippen molar-refractivity contribution in [1.29, 1.82) is 0 Å². The molecular formula is C14H12Br2N4O. The first-order valence-corrected chi connectivity index (χ1v) is 7.91. The van der Waals surface area contributed by atoms with Crippen molar-refractivity contribution >= 4 is 48.7 Å². The number of aromatic amines is 1. The monoisotopic (exact) mass is 410 g/mol. The molecule has 5 nitrogen and oxygen atoms in total. The molecule has 21 heavy (non-hydrogen) atoms. The van der Waals surface area contributed by atoms with Crippen molar-refractivity contribution in [2.75, 3.05) is 12.3 Å². The number of imidazole rings is 1. The molecule has 0 unspecified atom stereocenters. The van der Waals surface area contributed by atoms with Gasteiger partial charge in [-0.1, -0.05) is 15.9 Å². The Morgan fingerprint density at radius 3 is 2.81 bits per heavy atom. The quantitative estimate of drug-likeness (QED) is 0.635. The van der Waals surface area contributed by atoms with Crippen molar-refractivity contribution in [3.63, 3.8) is 0 Å². The van der Waals surface area contributed by atoms with E-state index >= 15 is 0 Å².